The Morgan fingerprint density at radius 3 is 2.29 bits per heavy atom. The maximum Gasteiger partial charge on any atom is 0.422 e. The van der Waals surface area contributed by atoms with Crippen LogP contribution in [0.5, 0.6) is 0 Å². The van der Waals surface area contributed by atoms with Crippen LogP contribution in [-0.2, 0) is 25.7 Å². The third-order valence-electron chi connectivity index (χ3n) is 2.55. The Morgan fingerprint density at radius 1 is 1.12 bits per heavy atom. The first-order valence-corrected chi connectivity index (χ1v) is 6.60. The van der Waals surface area contributed by atoms with E-state index >= 15 is 0 Å². The largest absolute Gasteiger partial charge is 0.481 e. The van der Waals surface area contributed by atoms with Crippen molar-refractivity contribution in [3.05, 3.63) is 35.9 Å². The quantitative estimate of drug-likeness (QED) is 0.729. The molecule has 0 unspecified atom stereocenters. The highest BCUT2D eigenvalue weighted by Crippen LogP contribution is 2.15. The van der Waals surface area contributed by atoms with E-state index in [-0.39, 0.29) is 6.61 Å². The summed E-state index contributed by atoms with van der Waals surface area (Å²) in [5, 5.41) is 10.5. The molecule has 1 aromatic rings. The Labute approximate surface area is 134 Å². The number of alkyl carbamates (subject to hydrolysis) is 1. The molecule has 0 aromatic heterocycles. The Balaban J connectivity index is 2.56. The normalized spacial score (nSPS) is 12.1. The number of benzene rings is 1. The highest BCUT2D eigenvalue weighted by molar-refractivity contribution is 5.85. The number of hydrogen-bond acceptors (Lipinski definition) is 5. The number of hydrogen-bond donors (Lipinski definition) is 2. The number of carboxylic acids is 1. The Hall–Kier alpha value is -2.78. The van der Waals surface area contributed by atoms with Crippen LogP contribution in [0.3, 0.4) is 0 Å². The van der Waals surface area contributed by atoms with Gasteiger partial charge in [0, 0.05) is 0 Å². The van der Waals surface area contributed by atoms with E-state index in [2.05, 4.69) is 4.74 Å². The molecule has 0 saturated carbocycles. The average Bonchev–Trinajstić information content (AvgIpc) is 2.50. The lowest BCUT2D eigenvalue weighted by Gasteiger charge is -2.16. The van der Waals surface area contributed by atoms with E-state index in [1.807, 2.05) is 5.32 Å². The SMILES string of the molecule is O=C(O)C[C@H](NC(=O)OCc1ccccc1)C(=O)OCC(F)(F)F. The van der Waals surface area contributed by atoms with Gasteiger partial charge in [0.05, 0.1) is 6.42 Å². The average molecular weight is 349 g/mol. The number of carbonyl (C=O) groups excluding carboxylic acids is 2. The maximum atomic E-state index is 12.0. The molecule has 132 valence electrons. The summed E-state index contributed by atoms with van der Waals surface area (Å²) >= 11 is 0. The number of amides is 1. The fourth-order valence-corrected chi connectivity index (χ4v) is 1.53. The third-order valence-corrected chi connectivity index (χ3v) is 2.55. The van der Waals surface area contributed by atoms with Crippen LogP contribution in [0.4, 0.5) is 18.0 Å². The molecule has 0 aliphatic heterocycles. The number of carbonyl (C=O) groups is 3. The van der Waals surface area contributed by atoms with E-state index in [1.54, 1.807) is 30.3 Å². The van der Waals surface area contributed by atoms with Crippen LogP contribution >= 0.6 is 0 Å². The van der Waals surface area contributed by atoms with Crippen LogP contribution in [0.2, 0.25) is 0 Å². The second kappa shape index (κ2) is 8.75. The molecule has 24 heavy (non-hydrogen) atoms. The number of halogens is 3. The number of carboxylic acid groups (broad SMARTS) is 1. The van der Waals surface area contributed by atoms with Gasteiger partial charge in [0.25, 0.3) is 0 Å². The second-order valence-corrected chi connectivity index (χ2v) is 4.58. The Kier molecular flexibility index (Phi) is 7.02. The van der Waals surface area contributed by atoms with E-state index in [9.17, 15) is 27.6 Å². The standard InChI is InChI=1S/C14H14F3NO6/c15-14(16,17)8-24-12(21)10(6-11(19)20)18-13(22)23-7-9-4-2-1-3-5-9/h1-5,10H,6-8H2,(H,18,22)(H,19,20)/t10-/m0/s1. The fourth-order valence-electron chi connectivity index (χ4n) is 1.53. The molecule has 0 heterocycles. The van der Waals surface area contributed by atoms with Crippen LogP contribution in [-0.4, -0.2) is 42.0 Å². The van der Waals surface area contributed by atoms with Gasteiger partial charge in [-0.3, -0.25) is 4.79 Å². The molecule has 0 fully saturated rings. The van der Waals surface area contributed by atoms with E-state index in [4.69, 9.17) is 9.84 Å². The lowest BCUT2D eigenvalue weighted by molar-refractivity contribution is -0.188. The Bertz CT molecular complexity index is 576. The van der Waals surface area contributed by atoms with Gasteiger partial charge in [0.2, 0.25) is 0 Å². The number of ether oxygens (including phenoxy) is 2. The van der Waals surface area contributed by atoms with Crippen LogP contribution in [0.15, 0.2) is 30.3 Å². The van der Waals surface area contributed by atoms with Gasteiger partial charge in [0.1, 0.15) is 12.6 Å². The summed E-state index contributed by atoms with van der Waals surface area (Å²) in [6.07, 6.45) is -6.87. The molecule has 0 saturated heterocycles. The smallest absolute Gasteiger partial charge is 0.422 e. The zero-order chi connectivity index (χ0) is 18.2. The monoisotopic (exact) mass is 349 g/mol. The van der Waals surface area contributed by atoms with E-state index in [0.717, 1.165) is 0 Å². The first-order valence-electron chi connectivity index (χ1n) is 6.60. The lowest BCUT2D eigenvalue weighted by Crippen LogP contribution is -2.44. The summed E-state index contributed by atoms with van der Waals surface area (Å²) in [6, 6.07) is 6.63. The minimum absolute atomic E-state index is 0.163. The molecule has 1 rings (SSSR count). The zero-order valence-electron chi connectivity index (χ0n) is 12.2. The third kappa shape index (κ3) is 8.01. The van der Waals surface area contributed by atoms with Gasteiger partial charge < -0.3 is 19.9 Å². The summed E-state index contributed by atoms with van der Waals surface area (Å²) in [6.45, 7) is -2.05. The molecule has 1 atom stereocenters. The van der Waals surface area contributed by atoms with Crippen molar-refractivity contribution in [3.63, 3.8) is 0 Å². The molecule has 10 heteroatoms. The van der Waals surface area contributed by atoms with Crippen molar-refractivity contribution in [3.8, 4) is 0 Å². The fraction of sp³-hybridized carbons (Fsp3) is 0.357. The molecule has 0 spiro atoms. The van der Waals surface area contributed by atoms with Crippen LogP contribution < -0.4 is 5.32 Å². The van der Waals surface area contributed by atoms with E-state index < -0.39 is 43.3 Å². The molecule has 0 aliphatic rings. The van der Waals surface area contributed by atoms with Crippen molar-refractivity contribution in [2.45, 2.75) is 25.2 Å². The molecular weight excluding hydrogens is 335 g/mol. The Morgan fingerprint density at radius 2 is 1.75 bits per heavy atom. The first-order chi connectivity index (χ1) is 11.2. The summed E-state index contributed by atoms with van der Waals surface area (Å²) < 4.78 is 44.7. The minimum atomic E-state index is -4.77. The molecule has 7 nitrogen and oxygen atoms in total. The van der Waals surface area contributed by atoms with Crippen molar-refractivity contribution < 1.29 is 42.1 Å². The molecule has 0 radical (unpaired) electrons. The van der Waals surface area contributed by atoms with E-state index in [1.165, 1.54) is 0 Å². The highest BCUT2D eigenvalue weighted by Gasteiger charge is 2.33. The zero-order valence-corrected chi connectivity index (χ0v) is 12.2. The number of aliphatic carboxylic acids is 1. The summed E-state index contributed by atoms with van der Waals surface area (Å²) in [4.78, 5) is 33.7. The number of alkyl halides is 3. The maximum absolute atomic E-state index is 12.0. The summed E-state index contributed by atoms with van der Waals surface area (Å²) in [5.74, 6) is -3.03. The molecule has 0 aliphatic carbocycles. The summed E-state index contributed by atoms with van der Waals surface area (Å²) in [7, 11) is 0. The van der Waals surface area contributed by atoms with Gasteiger partial charge in [-0.25, -0.2) is 9.59 Å². The predicted octanol–water partition coefficient (Wildman–Crippen LogP) is 1.86. The second-order valence-electron chi connectivity index (χ2n) is 4.58. The van der Waals surface area contributed by atoms with Crippen LogP contribution in [0, 0.1) is 0 Å². The van der Waals surface area contributed by atoms with Gasteiger partial charge in [-0.05, 0) is 5.56 Å². The van der Waals surface area contributed by atoms with Crippen molar-refractivity contribution in [1.82, 2.24) is 5.32 Å². The van der Waals surface area contributed by atoms with Crippen molar-refractivity contribution in [1.29, 1.82) is 0 Å². The van der Waals surface area contributed by atoms with Crippen molar-refractivity contribution in [2.75, 3.05) is 6.61 Å². The van der Waals surface area contributed by atoms with Crippen LogP contribution in [0.25, 0.3) is 0 Å². The topological polar surface area (TPSA) is 102 Å². The number of nitrogens with one attached hydrogen (secondary N) is 1. The molecule has 2 N–H and O–H groups in total. The highest BCUT2D eigenvalue weighted by atomic mass is 19.4. The number of esters is 1. The molecule has 0 bridgehead atoms. The molecule has 1 aromatic carbocycles. The van der Waals surface area contributed by atoms with Gasteiger partial charge in [0.15, 0.2) is 6.61 Å². The predicted molar refractivity (Wildman–Crippen MR) is 72.8 cm³/mol. The van der Waals surface area contributed by atoms with Gasteiger partial charge in [-0.2, -0.15) is 13.2 Å². The summed E-state index contributed by atoms with van der Waals surface area (Å²) in [5.41, 5.74) is 0.627. The van der Waals surface area contributed by atoms with Crippen LogP contribution in [0.1, 0.15) is 12.0 Å². The van der Waals surface area contributed by atoms with Gasteiger partial charge in [-0.1, -0.05) is 30.3 Å². The van der Waals surface area contributed by atoms with Crippen molar-refractivity contribution in [2.24, 2.45) is 0 Å². The minimum Gasteiger partial charge on any atom is -0.481 e. The first kappa shape index (κ1) is 19.3. The molecule has 1 amide bonds. The lowest BCUT2D eigenvalue weighted by atomic mass is 10.2. The van der Waals surface area contributed by atoms with E-state index in [0.29, 0.717) is 5.56 Å². The number of rotatable bonds is 7. The van der Waals surface area contributed by atoms with Gasteiger partial charge >= 0.3 is 24.2 Å². The van der Waals surface area contributed by atoms with Gasteiger partial charge in [-0.15, -0.1) is 0 Å². The van der Waals surface area contributed by atoms with Crippen molar-refractivity contribution >= 4 is 18.0 Å². The molecular formula is C14H14F3NO6.